The van der Waals surface area contributed by atoms with E-state index in [1.807, 2.05) is 51.1 Å². The minimum Gasteiger partial charge on any atom is -0.491 e. The van der Waals surface area contributed by atoms with Crippen LogP contribution in [0.4, 0.5) is 5.13 Å². The molecule has 0 bridgehead atoms. The van der Waals surface area contributed by atoms with Gasteiger partial charge in [0, 0.05) is 22.5 Å². The molecular weight excluding hydrogens is 388 g/mol. The number of aromatic nitrogens is 3. The maximum atomic E-state index is 12.6. The summed E-state index contributed by atoms with van der Waals surface area (Å²) in [5.74, 6) is 0.745. The summed E-state index contributed by atoms with van der Waals surface area (Å²) in [5.41, 5.74) is 1.71. The van der Waals surface area contributed by atoms with Crippen LogP contribution in [0.3, 0.4) is 0 Å². The van der Waals surface area contributed by atoms with Crippen molar-refractivity contribution in [2.75, 3.05) is 5.32 Å². The highest BCUT2D eigenvalue weighted by molar-refractivity contribution is 7.15. The molecule has 0 saturated heterocycles. The molecule has 1 aromatic carbocycles. The second-order valence-electron chi connectivity index (χ2n) is 7.02. The molecule has 8 heteroatoms. The Balaban J connectivity index is 1.69. The smallest absolute Gasteiger partial charge is 0.256 e. The van der Waals surface area contributed by atoms with Crippen LogP contribution >= 0.6 is 11.3 Å². The molecular formula is C21H22N4O3S. The molecule has 0 aliphatic heterocycles. The molecule has 1 unspecified atom stereocenters. The van der Waals surface area contributed by atoms with E-state index in [4.69, 9.17) is 4.74 Å². The Hall–Kier alpha value is -3.10. The van der Waals surface area contributed by atoms with Crippen molar-refractivity contribution < 1.29 is 9.84 Å². The number of hydrogen-bond donors (Lipinski definition) is 3. The van der Waals surface area contributed by atoms with E-state index in [0.29, 0.717) is 22.2 Å². The number of H-pyrrole nitrogens is 1. The van der Waals surface area contributed by atoms with Crippen LogP contribution in [0.15, 0.2) is 53.5 Å². The molecule has 0 spiro atoms. The first kappa shape index (κ1) is 19.2. The fourth-order valence-corrected chi connectivity index (χ4v) is 3.79. The van der Waals surface area contributed by atoms with Crippen molar-refractivity contribution in [2.45, 2.75) is 33.1 Å². The number of aromatic amines is 1. The van der Waals surface area contributed by atoms with Crippen LogP contribution in [0.1, 0.15) is 30.6 Å². The molecule has 1 atom stereocenters. The third-order valence-corrected chi connectivity index (χ3v) is 5.18. The van der Waals surface area contributed by atoms with E-state index in [1.165, 1.54) is 17.4 Å². The number of hydrogen-bond acceptors (Lipinski definition) is 6. The van der Waals surface area contributed by atoms with Crippen molar-refractivity contribution in [2.24, 2.45) is 0 Å². The second kappa shape index (κ2) is 7.73. The first-order chi connectivity index (χ1) is 13.9. The highest BCUT2D eigenvalue weighted by Crippen LogP contribution is 2.25. The number of thiazole rings is 1. The van der Waals surface area contributed by atoms with Crippen LogP contribution in [0.2, 0.25) is 0 Å². The van der Waals surface area contributed by atoms with E-state index in [9.17, 15) is 9.90 Å². The van der Waals surface area contributed by atoms with Gasteiger partial charge in [0.2, 0.25) is 0 Å². The van der Waals surface area contributed by atoms with Gasteiger partial charge < -0.3 is 20.1 Å². The zero-order valence-corrected chi connectivity index (χ0v) is 17.2. The average Bonchev–Trinajstić information content (AvgIpc) is 3.28. The molecule has 3 N–H and O–H groups in total. The Morgan fingerprint density at radius 3 is 2.62 bits per heavy atom. The van der Waals surface area contributed by atoms with Gasteiger partial charge in [-0.1, -0.05) is 0 Å². The summed E-state index contributed by atoms with van der Waals surface area (Å²) in [5, 5.41) is 15.0. The Labute approximate surface area is 171 Å². The Bertz CT molecular complexity index is 1190. The molecule has 4 aromatic rings. The number of benzene rings is 1. The van der Waals surface area contributed by atoms with Crippen LogP contribution in [-0.2, 0) is 0 Å². The van der Waals surface area contributed by atoms with Gasteiger partial charge in [0.15, 0.2) is 11.4 Å². The summed E-state index contributed by atoms with van der Waals surface area (Å²) in [6.07, 6.45) is 0.849. The average molecular weight is 410 g/mol. The lowest BCUT2D eigenvalue weighted by atomic mass is 10.2. The number of pyridine rings is 1. The highest BCUT2D eigenvalue weighted by Gasteiger charge is 2.15. The summed E-state index contributed by atoms with van der Waals surface area (Å²) in [6, 6.07) is 12.4. The summed E-state index contributed by atoms with van der Waals surface area (Å²) in [6.45, 7) is 5.88. The van der Waals surface area contributed by atoms with Crippen LogP contribution in [-0.4, -0.2) is 25.7 Å². The minimum absolute atomic E-state index is 0.0774. The molecule has 0 aliphatic rings. The maximum absolute atomic E-state index is 12.6. The standard InChI is InChI=1S/C21H22N4O3S/c1-12(2)28-16-7-5-15(6-8-16)25-18(26)9-4-14-10-17(23-19(14)25)20(27)24-21-22-11-13(3)29-21/h4-12,20,23,27H,1-3H3,(H,22,24). The Kier molecular flexibility index (Phi) is 5.12. The zero-order valence-electron chi connectivity index (χ0n) is 16.3. The van der Waals surface area contributed by atoms with E-state index in [0.717, 1.165) is 16.0 Å². The molecule has 150 valence electrons. The summed E-state index contributed by atoms with van der Waals surface area (Å²) in [7, 11) is 0. The number of nitrogens with one attached hydrogen (secondary N) is 2. The van der Waals surface area contributed by atoms with Crippen molar-refractivity contribution in [1.82, 2.24) is 14.5 Å². The van der Waals surface area contributed by atoms with Crippen LogP contribution in [0, 0.1) is 6.92 Å². The van der Waals surface area contributed by atoms with Crippen LogP contribution in [0.25, 0.3) is 16.7 Å². The van der Waals surface area contributed by atoms with E-state index in [2.05, 4.69) is 15.3 Å². The summed E-state index contributed by atoms with van der Waals surface area (Å²) < 4.78 is 7.26. The number of anilines is 1. The maximum Gasteiger partial charge on any atom is 0.256 e. The predicted octanol–water partition coefficient (Wildman–Crippen LogP) is 3.97. The number of rotatable bonds is 6. The van der Waals surface area contributed by atoms with Crippen LogP contribution in [0.5, 0.6) is 5.75 Å². The van der Waals surface area contributed by atoms with Crippen molar-refractivity contribution >= 4 is 27.5 Å². The van der Waals surface area contributed by atoms with Crippen LogP contribution < -0.4 is 15.6 Å². The molecule has 0 amide bonds. The fraction of sp³-hybridized carbons (Fsp3) is 0.238. The number of fused-ring (bicyclic) bond motifs is 1. The van der Waals surface area contributed by atoms with Crippen molar-refractivity contribution in [3.05, 3.63) is 69.6 Å². The Morgan fingerprint density at radius 1 is 1.21 bits per heavy atom. The van der Waals surface area contributed by atoms with Crippen molar-refractivity contribution in [3.63, 3.8) is 0 Å². The SMILES string of the molecule is Cc1cnc(NC(O)c2cc3ccc(=O)n(-c4ccc(OC(C)C)cc4)c3[nH]2)s1. The minimum atomic E-state index is -0.974. The Morgan fingerprint density at radius 2 is 1.97 bits per heavy atom. The molecule has 4 rings (SSSR count). The van der Waals surface area contributed by atoms with Gasteiger partial charge in [0.25, 0.3) is 5.56 Å². The fourth-order valence-electron chi connectivity index (χ4n) is 3.10. The van der Waals surface area contributed by atoms with Gasteiger partial charge in [-0.05, 0) is 57.2 Å². The van der Waals surface area contributed by atoms with Gasteiger partial charge >= 0.3 is 0 Å². The number of nitrogens with zero attached hydrogens (tertiary/aromatic N) is 2. The van der Waals surface area contributed by atoms with Crippen molar-refractivity contribution in [3.8, 4) is 11.4 Å². The molecule has 7 nitrogen and oxygen atoms in total. The predicted molar refractivity (Wildman–Crippen MR) is 115 cm³/mol. The van der Waals surface area contributed by atoms with Gasteiger partial charge in [-0.2, -0.15) is 0 Å². The first-order valence-corrected chi connectivity index (χ1v) is 10.1. The molecule has 0 fully saturated rings. The zero-order chi connectivity index (χ0) is 20.5. The largest absolute Gasteiger partial charge is 0.491 e. The van der Waals surface area contributed by atoms with Gasteiger partial charge in [-0.25, -0.2) is 4.98 Å². The molecule has 29 heavy (non-hydrogen) atoms. The van der Waals surface area contributed by atoms with E-state index in [1.54, 1.807) is 16.8 Å². The van der Waals surface area contributed by atoms with Crippen molar-refractivity contribution in [1.29, 1.82) is 0 Å². The normalized spacial score (nSPS) is 12.4. The van der Waals surface area contributed by atoms with Gasteiger partial charge in [-0.15, -0.1) is 11.3 Å². The topological polar surface area (TPSA) is 92.2 Å². The lowest BCUT2D eigenvalue weighted by molar-refractivity contribution is 0.204. The highest BCUT2D eigenvalue weighted by atomic mass is 32.1. The number of aliphatic hydroxyl groups is 1. The lowest BCUT2D eigenvalue weighted by Gasteiger charge is -2.12. The number of aliphatic hydroxyl groups excluding tert-OH is 1. The molecule has 3 heterocycles. The number of aryl methyl sites for hydroxylation is 1. The molecule has 0 saturated carbocycles. The summed E-state index contributed by atoms with van der Waals surface area (Å²) in [4.78, 5) is 21.0. The monoisotopic (exact) mass is 410 g/mol. The number of ether oxygens (including phenoxy) is 1. The van der Waals surface area contributed by atoms with E-state index in [-0.39, 0.29) is 11.7 Å². The molecule has 0 aliphatic carbocycles. The van der Waals surface area contributed by atoms with Gasteiger partial charge in [-0.3, -0.25) is 9.36 Å². The third-order valence-electron chi connectivity index (χ3n) is 4.34. The van der Waals surface area contributed by atoms with Gasteiger partial charge in [0.05, 0.1) is 17.5 Å². The van der Waals surface area contributed by atoms with E-state index >= 15 is 0 Å². The molecule has 0 radical (unpaired) electrons. The van der Waals surface area contributed by atoms with Gasteiger partial charge in [0.1, 0.15) is 11.4 Å². The quantitative estimate of drug-likeness (QED) is 0.418. The first-order valence-electron chi connectivity index (χ1n) is 9.29. The van der Waals surface area contributed by atoms with E-state index < -0.39 is 6.23 Å². The molecule has 3 aromatic heterocycles. The second-order valence-corrected chi connectivity index (χ2v) is 8.25. The third kappa shape index (κ3) is 4.03. The summed E-state index contributed by atoms with van der Waals surface area (Å²) >= 11 is 1.46. The lowest BCUT2D eigenvalue weighted by Crippen LogP contribution is -2.17.